The van der Waals surface area contributed by atoms with Gasteiger partial charge in [0.25, 0.3) is 0 Å². The summed E-state index contributed by atoms with van der Waals surface area (Å²) in [5.74, 6) is -0.182. The van der Waals surface area contributed by atoms with Gasteiger partial charge in [0.05, 0.1) is 8.61 Å². The van der Waals surface area contributed by atoms with Crippen LogP contribution in [0.3, 0.4) is 0 Å². The van der Waals surface area contributed by atoms with E-state index in [0.29, 0.717) is 5.56 Å². The van der Waals surface area contributed by atoms with Crippen LogP contribution >= 0.6 is 59.1 Å². The predicted molar refractivity (Wildman–Crippen MR) is 81.6 cm³/mol. The molecule has 0 nitrogen and oxygen atoms in total. The van der Waals surface area contributed by atoms with Gasteiger partial charge in [0.1, 0.15) is 5.82 Å². The number of rotatable bonds is 2. The monoisotopic (exact) mass is 440 g/mol. The summed E-state index contributed by atoms with van der Waals surface area (Å²) in [6, 6.07) is 7.15. The highest BCUT2D eigenvalue weighted by Gasteiger charge is 2.18. The molecule has 1 heterocycles. The summed E-state index contributed by atoms with van der Waals surface area (Å²) in [6.07, 6.45) is 0. The molecule has 1 aromatic heterocycles. The molecule has 2 rings (SSSR count). The Morgan fingerprint density at radius 2 is 1.94 bits per heavy atom. The molecule has 1 aromatic carbocycles. The van der Waals surface area contributed by atoms with Crippen LogP contribution in [-0.2, 0) is 0 Å². The van der Waals surface area contributed by atoms with Crippen LogP contribution in [-0.4, -0.2) is 0 Å². The fourth-order valence-electron chi connectivity index (χ4n) is 1.50. The lowest BCUT2D eigenvalue weighted by Gasteiger charge is -2.10. The van der Waals surface area contributed by atoms with E-state index in [2.05, 4.69) is 47.8 Å². The maximum Gasteiger partial charge on any atom is 0.127 e. The summed E-state index contributed by atoms with van der Waals surface area (Å²) in [5, 5.41) is 0. The van der Waals surface area contributed by atoms with Gasteiger partial charge in [-0.2, -0.15) is 0 Å². The Labute approximate surface area is 129 Å². The third-order valence-electron chi connectivity index (χ3n) is 2.34. The summed E-state index contributed by atoms with van der Waals surface area (Å²) in [6.45, 7) is 1.96. The topological polar surface area (TPSA) is 0 Å². The molecule has 1 unspecified atom stereocenters. The van der Waals surface area contributed by atoms with Crippen LogP contribution in [0.25, 0.3) is 0 Å². The molecular formula is C12H8Br3FS. The average Bonchev–Trinajstić information content (AvgIpc) is 2.62. The fraction of sp³-hybridized carbons (Fsp3) is 0.167. The lowest BCUT2D eigenvalue weighted by molar-refractivity contribution is 0.613. The largest absolute Gasteiger partial charge is 0.207 e. The maximum absolute atomic E-state index is 13.8. The van der Waals surface area contributed by atoms with Crippen molar-refractivity contribution >= 4 is 59.1 Å². The number of hydrogen-bond acceptors (Lipinski definition) is 1. The van der Waals surface area contributed by atoms with Crippen molar-refractivity contribution in [2.45, 2.75) is 11.8 Å². The number of benzene rings is 1. The molecule has 2 aromatic rings. The number of alkyl halides is 1. The molecule has 0 fully saturated rings. The van der Waals surface area contributed by atoms with Gasteiger partial charge in [-0.1, -0.05) is 33.6 Å². The summed E-state index contributed by atoms with van der Waals surface area (Å²) < 4.78 is 15.8. The number of halogens is 4. The zero-order valence-corrected chi connectivity index (χ0v) is 14.4. The molecule has 0 saturated carbocycles. The standard InChI is InChI=1S/C12H8Br3FS/c1-6-2-3-9(16)7(4-6)11(14)10-5-8(13)12(15)17-10/h2-5,11H,1H3. The minimum Gasteiger partial charge on any atom is -0.207 e. The van der Waals surface area contributed by atoms with E-state index in [-0.39, 0.29) is 10.6 Å². The first kappa shape index (κ1) is 13.7. The van der Waals surface area contributed by atoms with Gasteiger partial charge in [-0.15, -0.1) is 11.3 Å². The molecule has 0 aliphatic carbocycles. The molecule has 1 atom stereocenters. The first-order chi connectivity index (χ1) is 7.99. The SMILES string of the molecule is Cc1ccc(F)c(C(Br)c2cc(Br)c(Br)s2)c1. The molecule has 0 aliphatic heterocycles. The smallest absolute Gasteiger partial charge is 0.127 e. The minimum atomic E-state index is -0.182. The third-order valence-corrected chi connectivity index (χ3v) is 6.95. The Hall–Kier alpha value is 0.290. The summed E-state index contributed by atoms with van der Waals surface area (Å²) in [4.78, 5) is 0.947. The van der Waals surface area contributed by atoms with E-state index in [4.69, 9.17) is 0 Å². The molecule has 90 valence electrons. The Morgan fingerprint density at radius 1 is 1.24 bits per heavy atom. The van der Waals surface area contributed by atoms with Gasteiger partial charge < -0.3 is 0 Å². The van der Waals surface area contributed by atoms with E-state index in [1.807, 2.05) is 19.1 Å². The first-order valence-electron chi connectivity index (χ1n) is 4.84. The van der Waals surface area contributed by atoms with Crippen molar-refractivity contribution in [3.63, 3.8) is 0 Å². The van der Waals surface area contributed by atoms with Crippen molar-refractivity contribution in [2.24, 2.45) is 0 Å². The normalized spacial score (nSPS) is 12.8. The van der Waals surface area contributed by atoms with Crippen LogP contribution in [0.15, 0.2) is 32.5 Å². The molecule has 17 heavy (non-hydrogen) atoms. The second-order valence-corrected chi connectivity index (χ2v) is 7.83. The molecular weight excluding hydrogens is 435 g/mol. The van der Waals surface area contributed by atoms with Crippen LogP contribution in [0, 0.1) is 12.7 Å². The summed E-state index contributed by atoms with van der Waals surface area (Å²) in [5.41, 5.74) is 1.73. The van der Waals surface area contributed by atoms with Crippen LogP contribution in [0.4, 0.5) is 4.39 Å². The van der Waals surface area contributed by atoms with Crippen molar-refractivity contribution in [3.05, 3.63) is 54.3 Å². The van der Waals surface area contributed by atoms with Crippen molar-refractivity contribution in [2.75, 3.05) is 0 Å². The highest BCUT2D eigenvalue weighted by Crippen LogP contribution is 2.42. The van der Waals surface area contributed by atoms with Crippen LogP contribution in [0.5, 0.6) is 0 Å². The Bertz CT molecular complexity index is 531. The molecule has 0 aliphatic rings. The van der Waals surface area contributed by atoms with Crippen molar-refractivity contribution in [1.29, 1.82) is 0 Å². The third kappa shape index (κ3) is 3.00. The van der Waals surface area contributed by atoms with E-state index in [9.17, 15) is 4.39 Å². The molecule has 0 spiro atoms. The minimum absolute atomic E-state index is 0.116. The molecule has 0 N–H and O–H groups in total. The van der Waals surface area contributed by atoms with E-state index < -0.39 is 0 Å². The zero-order valence-electron chi connectivity index (χ0n) is 8.81. The fourth-order valence-corrected chi connectivity index (χ4v) is 4.35. The van der Waals surface area contributed by atoms with Crippen molar-refractivity contribution in [1.82, 2.24) is 0 Å². The lowest BCUT2D eigenvalue weighted by Crippen LogP contribution is -1.95. The van der Waals surface area contributed by atoms with E-state index >= 15 is 0 Å². The quantitative estimate of drug-likeness (QED) is 0.485. The predicted octanol–water partition coefficient (Wildman–Crippen LogP) is 6.20. The van der Waals surface area contributed by atoms with Gasteiger partial charge >= 0.3 is 0 Å². The molecule has 0 amide bonds. The van der Waals surface area contributed by atoms with Crippen molar-refractivity contribution in [3.8, 4) is 0 Å². The highest BCUT2D eigenvalue weighted by atomic mass is 79.9. The average molecular weight is 443 g/mol. The molecule has 5 heteroatoms. The Balaban J connectivity index is 2.42. The lowest BCUT2D eigenvalue weighted by atomic mass is 10.1. The molecule has 0 saturated heterocycles. The van der Waals surface area contributed by atoms with Crippen molar-refractivity contribution < 1.29 is 4.39 Å². The van der Waals surface area contributed by atoms with Gasteiger partial charge in [-0.25, -0.2) is 4.39 Å². The van der Waals surface area contributed by atoms with Gasteiger partial charge in [-0.3, -0.25) is 0 Å². The van der Waals surface area contributed by atoms with Crippen LogP contribution < -0.4 is 0 Å². The van der Waals surface area contributed by atoms with E-state index in [1.165, 1.54) is 6.07 Å². The first-order valence-corrected chi connectivity index (χ1v) is 8.15. The summed E-state index contributed by atoms with van der Waals surface area (Å²) in [7, 11) is 0. The number of thiophene rings is 1. The highest BCUT2D eigenvalue weighted by molar-refractivity contribution is 9.13. The van der Waals surface area contributed by atoms with Crippen LogP contribution in [0.1, 0.15) is 20.8 Å². The molecule has 0 radical (unpaired) electrons. The number of hydrogen-bond donors (Lipinski definition) is 0. The second kappa shape index (κ2) is 5.51. The van der Waals surface area contributed by atoms with Crippen LogP contribution in [0.2, 0.25) is 0 Å². The van der Waals surface area contributed by atoms with Gasteiger partial charge in [0.15, 0.2) is 0 Å². The van der Waals surface area contributed by atoms with Gasteiger partial charge in [-0.05, 0) is 50.9 Å². The zero-order chi connectivity index (χ0) is 12.6. The van der Waals surface area contributed by atoms with Gasteiger partial charge in [0, 0.05) is 14.9 Å². The van der Waals surface area contributed by atoms with E-state index in [1.54, 1.807) is 17.4 Å². The summed E-state index contributed by atoms with van der Waals surface area (Å²) >= 11 is 12.0. The molecule has 0 bridgehead atoms. The van der Waals surface area contributed by atoms with Gasteiger partial charge in [0.2, 0.25) is 0 Å². The van der Waals surface area contributed by atoms with E-state index in [0.717, 1.165) is 18.7 Å². The maximum atomic E-state index is 13.8. The number of aryl methyl sites for hydroxylation is 1. The second-order valence-electron chi connectivity index (χ2n) is 3.66. The Kier molecular flexibility index (Phi) is 4.45. The Morgan fingerprint density at radius 3 is 2.53 bits per heavy atom.